The number of hydrogen-bond donors (Lipinski definition) is 3. The van der Waals surface area contributed by atoms with Gasteiger partial charge in [0.05, 0.1) is 11.7 Å². The molecule has 0 bridgehead atoms. The highest BCUT2D eigenvalue weighted by atomic mass is 32.1. The van der Waals surface area contributed by atoms with Crippen LogP contribution in [0.15, 0.2) is 11.6 Å². The number of aromatic nitrogens is 3. The average Bonchev–Trinajstić information content (AvgIpc) is 3.02. The summed E-state index contributed by atoms with van der Waals surface area (Å²) in [4.78, 5) is 26.4. The molecule has 3 heterocycles. The van der Waals surface area contributed by atoms with Crippen LogP contribution >= 0.6 is 11.3 Å². The summed E-state index contributed by atoms with van der Waals surface area (Å²) in [7, 11) is 0. The molecule has 1 atom stereocenters. The summed E-state index contributed by atoms with van der Waals surface area (Å²) in [6, 6.07) is 0.00169. The molecule has 4 N–H and O–H groups in total. The summed E-state index contributed by atoms with van der Waals surface area (Å²) in [6.45, 7) is 2.59. The molecule has 0 fully saturated rings. The number of fused-ring (bicyclic) bond motifs is 1. The second kappa shape index (κ2) is 7.10. The Kier molecular flexibility index (Phi) is 4.91. The van der Waals surface area contributed by atoms with E-state index in [0.29, 0.717) is 31.7 Å². The van der Waals surface area contributed by atoms with Gasteiger partial charge >= 0.3 is 0 Å². The molecule has 0 aromatic carbocycles. The third-order valence-corrected chi connectivity index (χ3v) is 4.98. The molecular formula is C15H20N6O2S. The number of carbonyl (C=O) groups excluding carboxylic acids is 1. The van der Waals surface area contributed by atoms with Gasteiger partial charge in [-0.3, -0.25) is 4.79 Å². The maximum absolute atomic E-state index is 11.7. The quantitative estimate of drug-likeness (QED) is 0.741. The van der Waals surface area contributed by atoms with Crippen LogP contribution in [0.5, 0.6) is 0 Å². The van der Waals surface area contributed by atoms with Crippen molar-refractivity contribution in [2.75, 3.05) is 30.7 Å². The lowest BCUT2D eigenvalue weighted by Gasteiger charge is -2.19. The van der Waals surface area contributed by atoms with Gasteiger partial charge in [-0.1, -0.05) is 0 Å². The third-order valence-electron chi connectivity index (χ3n) is 4.02. The maximum atomic E-state index is 11.7. The second-order valence-electron chi connectivity index (χ2n) is 5.63. The minimum absolute atomic E-state index is 0.00169. The first kappa shape index (κ1) is 16.6. The predicted octanol–water partition coefficient (Wildman–Crippen LogP) is 0.608. The van der Waals surface area contributed by atoms with E-state index < -0.39 is 6.61 Å². The van der Waals surface area contributed by atoms with Gasteiger partial charge in [0, 0.05) is 36.7 Å². The fraction of sp³-hybridized carbons (Fsp3) is 0.467. The molecular weight excluding hydrogens is 328 g/mol. The van der Waals surface area contributed by atoms with Crippen molar-refractivity contribution in [2.24, 2.45) is 0 Å². The van der Waals surface area contributed by atoms with Gasteiger partial charge in [-0.2, -0.15) is 4.98 Å². The van der Waals surface area contributed by atoms with Gasteiger partial charge in [-0.15, -0.1) is 11.3 Å². The number of nitrogens with one attached hydrogen (secondary N) is 1. The summed E-state index contributed by atoms with van der Waals surface area (Å²) in [5.41, 5.74) is 7.68. The first-order valence-electron chi connectivity index (χ1n) is 7.78. The van der Waals surface area contributed by atoms with Crippen LogP contribution < -0.4 is 11.1 Å². The molecule has 1 amide bonds. The van der Waals surface area contributed by atoms with Gasteiger partial charge < -0.3 is 21.1 Å². The van der Waals surface area contributed by atoms with E-state index in [2.05, 4.69) is 20.3 Å². The summed E-state index contributed by atoms with van der Waals surface area (Å²) < 4.78 is 0. The molecule has 3 rings (SSSR count). The van der Waals surface area contributed by atoms with Gasteiger partial charge in [0.2, 0.25) is 11.9 Å². The van der Waals surface area contributed by atoms with Crippen LogP contribution in [0, 0.1) is 0 Å². The first-order chi connectivity index (χ1) is 11.6. The molecule has 0 unspecified atom stereocenters. The van der Waals surface area contributed by atoms with Gasteiger partial charge in [0.25, 0.3) is 0 Å². The number of rotatable bonds is 4. The highest BCUT2D eigenvalue weighted by Gasteiger charge is 2.23. The molecule has 24 heavy (non-hydrogen) atoms. The van der Waals surface area contributed by atoms with E-state index in [-0.39, 0.29) is 17.9 Å². The van der Waals surface area contributed by atoms with E-state index in [0.717, 1.165) is 16.3 Å². The van der Waals surface area contributed by atoms with E-state index in [4.69, 9.17) is 10.8 Å². The highest BCUT2D eigenvalue weighted by molar-refractivity contribution is 7.09. The summed E-state index contributed by atoms with van der Waals surface area (Å²) in [5, 5.41) is 15.3. The maximum Gasteiger partial charge on any atom is 0.248 e. The second-order valence-corrected chi connectivity index (χ2v) is 6.56. The number of nitrogens with two attached hydrogens (primary N) is 1. The molecule has 2 aromatic rings. The lowest BCUT2D eigenvalue weighted by atomic mass is 10.1. The Morgan fingerprint density at radius 3 is 2.96 bits per heavy atom. The Labute approximate surface area is 143 Å². The van der Waals surface area contributed by atoms with Crippen molar-refractivity contribution in [3.8, 4) is 0 Å². The average molecular weight is 348 g/mol. The van der Waals surface area contributed by atoms with Crippen molar-refractivity contribution in [1.82, 2.24) is 19.9 Å². The summed E-state index contributed by atoms with van der Waals surface area (Å²) >= 11 is 1.57. The Morgan fingerprint density at radius 2 is 2.25 bits per heavy atom. The van der Waals surface area contributed by atoms with Crippen LogP contribution in [0.2, 0.25) is 0 Å². The highest BCUT2D eigenvalue weighted by Crippen LogP contribution is 2.26. The van der Waals surface area contributed by atoms with E-state index >= 15 is 0 Å². The molecule has 9 heteroatoms. The number of aliphatic hydroxyl groups is 1. The zero-order valence-electron chi connectivity index (χ0n) is 13.4. The van der Waals surface area contributed by atoms with Gasteiger partial charge in [-0.25, -0.2) is 9.97 Å². The van der Waals surface area contributed by atoms with Crippen molar-refractivity contribution < 1.29 is 9.90 Å². The SMILES string of the molecule is C[C@@H](Nc1nc(N)nc2c1CCN(C(=O)CO)CC2)c1nccs1. The van der Waals surface area contributed by atoms with Crippen LogP contribution in [-0.4, -0.2) is 50.6 Å². The molecule has 1 aliphatic rings. The van der Waals surface area contributed by atoms with Crippen LogP contribution in [-0.2, 0) is 17.6 Å². The smallest absolute Gasteiger partial charge is 0.248 e. The topological polar surface area (TPSA) is 117 Å². The van der Waals surface area contributed by atoms with E-state index in [9.17, 15) is 4.79 Å². The van der Waals surface area contributed by atoms with Crippen LogP contribution in [0.1, 0.15) is 29.2 Å². The van der Waals surface area contributed by atoms with E-state index in [1.165, 1.54) is 0 Å². The molecule has 128 valence electrons. The molecule has 8 nitrogen and oxygen atoms in total. The normalized spacial score (nSPS) is 15.5. The number of amides is 1. The largest absolute Gasteiger partial charge is 0.387 e. The molecule has 2 aromatic heterocycles. The van der Waals surface area contributed by atoms with E-state index in [1.807, 2.05) is 12.3 Å². The van der Waals surface area contributed by atoms with Crippen molar-refractivity contribution in [2.45, 2.75) is 25.8 Å². The molecule has 0 saturated carbocycles. The Bertz CT molecular complexity index is 721. The monoisotopic (exact) mass is 348 g/mol. The fourth-order valence-corrected chi connectivity index (χ4v) is 3.45. The Hall–Kier alpha value is -2.26. The molecule has 0 radical (unpaired) electrons. The predicted molar refractivity (Wildman–Crippen MR) is 91.7 cm³/mol. The van der Waals surface area contributed by atoms with E-state index in [1.54, 1.807) is 22.4 Å². The third kappa shape index (κ3) is 3.46. The summed E-state index contributed by atoms with van der Waals surface area (Å²) in [5.74, 6) is 0.637. The van der Waals surface area contributed by atoms with Crippen LogP contribution in [0.4, 0.5) is 11.8 Å². The first-order valence-corrected chi connectivity index (χ1v) is 8.66. The minimum Gasteiger partial charge on any atom is -0.387 e. The Balaban J connectivity index is 1.85. The van der Waals surface area contributed by atoms with Gasteiger partial charge in [0.1, 0.15) is 17.4 Å². The van der Waals surface area contributed by atoms with Crippen molar-refractivity contribution >= 4 is 29.0 Å². The summed E-state index contributed by atoms with van der Waals surface area (Å²) in [6.07, 6.45) is 2.98. The minimum atomic E-state index is -0.476. The number of nitrogens with zero attached hydrogens (tertiary/aromatic N) is 4. The number of anilines is 2. The molecule has 0 spiro atoms. The van der Waals surface area contributed by atoms with Crippen molar-refractivity contribution in [3.05, 3.63) is 27.8 Å². The number of nitrogen functional groups attached to an aromatic ring is 1. The zero-order chi connectivity index (χ0) is 17.1. The standard InChI is InChI=1S/C15H20N6O2S/c1-9(14-17-4-7-24-14)18-13-10-2-5-21(12(23)8-22)6-3-11(10)19-15(16)20-13/h4,7,9,22H,2-3,5-6,8H2,1H3,(H3,16,18,19,20)/t9-/m1/s1. The number of carbonyl (C=O) groups is 1. The molecule has 0 saturated heterocycles. The molecule has 1 aliphatic heterocycles. The Morgan fingerprint density at radius 1 is 1.46 bits per heavy atom. The lowest BCUT2D eigenvalue weighted by molar-refractivity contribution is -0.134. The number of aliphatic hydroxyl groups excluding tert-OH is 1. The van der Waals surface area contributed by atoms with Crippen molar-refractivity contribution in [1.29, 1.82) is 0 Å². The van der Waals surface area contributed by atoms with Crippen LogP contribution in [0.3, 0.4) is 0 Å². The van der Waals surface area contributed by atoms with Gasteiger partial charge in [0.15, 0.2) is 0 Å². The number of thiazole rings is 1. The van der Waals surface area contributed by atoms with Crippen LogP contribution in [0.25, 0.3) is 0 Å². The lowest BCUT2D eigenvalue weighted by Crippen LogP contribution is -2.35. The fourth-order valence-electron chi connectivity index (χ4n) is 2.80. The van der Waals surface area contributed by atoms with Gasteiger partial charge in [-0.05, 0) is 13.3 Å². The van der Waals surface area contributed by atoms with Crippen molar-refractivity contribution in [3.63, 3.8) is 0 Å². The molecule has 0 aliphatic carbocycles. The number of hydrogen-bond acceptors (Lipinski definition) is 8. The zero-order valence-corrected chi connectivity index (χ0v) is 14.2.